The average Bonchev–Trinajstić information content (AvgIpc) is 3.06. The Morgan fingerprint density at radius 1 is 1.04 bits per heavy atom. The molecule has 2 aromatic carbocycles. The predicted molar refractivity (Wildman–Crippen MR) is 95.4 cm³/mol. The van der Waals surface area contributed by atoms with Crippen LogP contribution in [0.15, 0.2) is 42.5 Å². The molecule has 0 unspecified atom stereocenters. The van der Waals surface area contributed by atoms with Gasteiger partial charge in [-0.3, -0.25) is 0 Å². The molecule has 126 valence electrons. The summed E-state index contributed by atoms with van der Waals surface area (Å²) in [5.41, 5.74) is 5.14. The van der Waals surface area contributed by atoms with Crippen LogP contribution in [0.5, 0.6) is 5.75 Å². The molecule has 3 rings (SSSR count). The van der Waals surface area contributed by atoms with E-state index >= 15 is 0 Å². The molecule has 1 aliphatic rings. The van der Waals surface area contributed by atoms with Crippen molar-refractivity contribution in [2.45, 2.75) is 32.7 Å². The first-order valence-electron chi connectivity index (χ1n) is 8.52. The lowest BCUT2D eigenvalue weighted by molar-refractivity contribution is 0.236. The van der Waals surface area contributed by atoms with Gasteiger partial charge < -0.3 is 15.4 Å². The van der Waals surface area contributed by atoms with Crippen LogP contribution >= 0.6 is 0 Å². The van der Waals surface area contributed by atoms with Crippen LogP contribution in [0, 0.1) is 6.92 Å². The number of carbonyl (C=O) groups excluding carboxylic acids is 1. The summed E-state index contributed by atoms with van der Waals surface area (Å²) in [7, 11) is 0. The Morgan fingerprint density at radius 2 is 1.83 bits per heavy atom. The Labute approximate surface area is 143 Å². The van der Waals surface area contributed by atoms with Gasteiger partial charge >= 0.3 is 6.03 Å². The maximum atomic E-state index is 11.8. The first-order valence-corrected chi connectivity index (χ1v) is 8.52. The second kappa shape index (κ2) is 7.86. The first-order chi connectivity index (χ1) is 11.7. The topological polar surface area (TPSA) is 50.4 Å². The molecule has 0 spiro atoms. The fraction of sp³-hybridized carbons (Fsp3) is 0.350. The minimum atomic E-state index is -0.173. The van der Waals surface area contributed by atoms with E-state index in [1.54, 1.807) is 0 Å². The van der Waals surface area contributed by atoms with Crippen LogP contribution < -0.4 is 15.4 Å². The molecule has 0 bridgehead atoms. The Hall–Kier alpha value is -2.49. The van der Waals surface area contributed by atoms with Gasteiger partial charge in [0.25, 0.3) is 0 Å². The van der Waals surface area contributed by atoms with Crippen molar-refractivity contribution in [2.24, 2.45) is 0 Å². The molecule has 0 aromatic heterocycles. The lowest BCUT2D eigenvalue weighted by atomic mass is 10.1. The van der Waals surface area contributed by atoms with Gasteiger partial charge in [-0.25, -0.2) is 4.79 Å². The van der Waals surface area contributed by atoms with Crippen LogP contribution in [0.4, 0.5) is 4.79 Å². The number of aryl methyl sites for hydroxylation is 3. The van der Waals surface area contributed by atoms with Crippen LogP contribution in [0.25, 0.3) is 0 Å². The van der Waals surface area contributed by atoms with Crippen molar-refractivity contribution in [1.29, 1.82) is 0 Å². The van der Waals surface area contributed by atoms with Crippen molar-refractivity contribution in [2.75, 3.05) is 13.2 Å². The zero-order valence-electron chi connectivity index (χ0n) is 14.1. The number of rotatable bonds is 6. The molecule has 0 atom stereocenters. The zero-order valence-corrected chi connectivity index (χ0v) is 14.1. The van der Waals surface area contributed by atoms with E-state index < -0.39 is 0 Å². The highest BCUT2D eigenvalue weighted by molar-refractivity contribution is 5.73. The SMILES string of the molecule is Cc1ccc(CNC(=O)NCCOc2ccc3c(c2)CCC3)cc1. The van der Waals surface area contributed by atoms with E-state index in [1.807, 2.05) is 37.3 Å². The molecule has 2 aromatic rings. The minimum Gasteiger partial charge on any atom is -0.492 e. The van der Waals surface area contributed by atoms with Crippen molar-refractivity contribution >= 4 is 6.03 Å². The largest absolute Gasteiger partial charge is 0.492 e. The molecule has 1 aliphatic carbocycles. The minimum absolute atomic E-state index is 0.173. The molecule has 0 saturated heterocycles. The summed E-state index contributed by atoms with van der Waals surface area (Å²) < 4.78 is 5.72. The molecule has 2 amide bonds. The van der Waals surface area contributed by atoms with Gasteiger partial charge in [-0.1, -0.05) is 35.9 Å². The number of urea groups is 1. The normalized spacial score (nSPS) is 12.5. The van der Waals surface area contributed by atoms with Crippen molar-refractivity contribution in [3.05, 3.63) is 64.7 Å². The van der Waals surface area contributed by atoms with Gasteiger partial charge in [0.2, 0.25) is 0 Å². The van der Waals surface area contributed by atoms with Crippen LogP contribution in [0.3, 0.4) is 0 Å². The first kappa shape index (κ1) is 16.4. The quantitative estimate of drug-likeness (QED) is 0.801. The third-order valence-electron chi connectivity index (χ3n) is 4.30. The Bertz CT molecular complexity index is 695. The van der Waals surface area contributed by atoms with Crippen molar-refractivity contribution in [3.8, 4) is 5.75 Å². The Balaban J connectivity index is 1.34. The molecular formula is C20H24N2O2. The zero-order chi connectivity index (χ0) is 16.8. The lowest BCUT2D eigenvalue weighted by Gasteiger charge is -2.10. The molecule has 24 heavy (non-hydrogen) atoms. The number of ether oxygens (including phenoxy) is 1. The molecule has 4 nitrogen and oxygen atoms in total. The number of amides is 2. The standard InChI is InChI=1S/C20H24N2O2/c1-15-5-7-16(8-6-15)14-22-20(23)21-11-12-24-19-10-9-17-3-2-4-18(17)13-19/h5-10,13H,2-4,11-12,14H2,1H3,(H2,21,22,23). The summed E-state index contributed by atoms with van der Waals surface area (Å²) in [4.78, 5) is 11.8. The van der Waals surface area contributed by atoms with Gasteiger partial charge in [0.05, 0.1) is 6.54 Å². The van der Waals surface area contributed by atoms with E-state index in [-0.39, 0.29) is 6.03 Å². The smallest absolute Gasteiger partial charge is 0.315 e. The number of benzene rings is 2. The number of hydrogen-bond donors (Lipinski definition) is 2. The molecule has 0 aliphatic heterocycles. The van der Waals surface area contributed by atoms with E-state index in [9.17, 15) is 4.79 Å². The second-order valence-electron chi connectivity index (χ2n) is 6.23. The van der Waals surface area contributed by atoms with Crippen LogP contribution in [-0.2, 0) is 19.4 Å². The highest BCUT2D eigenvalue weighted by atomic mass is 16.5. The molecule has 2 N–H and O–H groups in total. The predicted octanol–water partition coefficient (Wildman–Crippen LogP) is 3.36. The number of nitrogens with one attached hydrogen (secondary N) is 2. The maximum absolute atomic E-state index is 11.8. The van der Waals surface area contributed by atoms with Gasteiger partial charge in [-0.2, -0.15) is 0 Å². The van der Waals surface area contributed by atoms with Gasteiger partial charge in [-0.05, 0) is 55.0 Å². The molecule has 0 heterocycles. The van der Waals surface area contributed by atoms with Crippen molar-refractivity contribution in [1.82, 2.24) is 10.6 Å². The van der Waals surface area contributed by atoms with Gasteiger partial charge in [0.15, 0.2) is 0 Å². The highest BCUT2D eigenvalue weighted by Crippen LogP contribution is 2.25. The summed E-state index contributed by atoms with van der Waals surface area (Å²) in [6.07, 6.45) is 3.56. The van der Waals surface area contributed by atoms with E-state index in [0.29, 0.717) is 19.7 Å². The highest BCUT2D eigenvalue weighted by Gasteiger charge is 2.11. The summed E-state index contributed by atoms with van der Waals surface area (Å²) >= 11 is 0. The number of hydrogen-bond acceptors (Lipinski definition) is 2. The summed E-state index contributed by atoms with van der Waals surface area (Å²) in [5, 5.41) is 5.66. The fourth-order valence-electron chi connectivity index (χ4n) is 2.92. The third-order valence-corrected chi connectivity index (χ3v) is 4.30. The maximum Gasteiger partial charge on any atom is 0.315 e. The van der Waals surface area contributed by atoms with E-state index in [4.69, 9.17) is 4.74 Å². The van der Waals surface area contributed by atoms with Gasteiger partial charge in [0.1, 0.15) is 12.4 Å². The molecule has 4 heteroatoms. The number of carbonyl (C=O) groups is 1. The molecule has 0 radical (unpaired) electrons. The summed E-state index contributed by atoms with van der Waals surface area (Å²) in [5.74, 6) is 0.887. The van der Waals surface area contributed by atoms with Crippen molar-refractivity contribution < 1.29 is 9.53 Å². The summed E-state index contributed by atoms with van der Waals surface area (Å²) in [6, 6.07) is 14.2. The van der Waals surface area contributed by atoms with Crippen LogP contribution in [0.2, 0.25) is 0 Å². The second-order valence-corrected chi connectivity index (χ2v) is 6.23. The monoisotopic (exact) mass is 324 g/mol. The number of fused-ring (bicyclic) bond motifs is 1. The van der Waals surface area contributed by atoms with E-state index in [1.165, 1.54) is 29.5 Å². The molecular weight excluding hydrogens is 300 g/mol. The lowest BCUT2D eigenvalue weighted by Crippen LogP contribution is -2.37. The molecule has 0 saturated carbocycles. The fourth-order valence-corrected chi connectivity index (χ4v) is 2.92. The van der Waals surface area contributed by atoms with E-state index in [0.717, 1.165) is 17.7 Å². The van der Waals surface area contributed by atoms with Crippen LogP contribution in [0.1, 0.15) is 28.7 Å². The van der Waals surface area contributed by atoms with Crippen LogP contribution in [-0.4, -0.2) is 19.2 Å². The summed E-state index contributed by atoms with van der Waals surface area (Å²) in [6.45, 7) is 3.52. The Morgan fingerprint density at radius 3 is 2.67 bits per heavy atom. The Kier molecular flexibility index (Phi) is 5.36. The third kappa shape index (κ3) is 4.51. The van der Waals surface area contributed by atoms with Gasteiger partial charge in [0, 0.05) is 6.54 Å². The molecule has 0 fully saturated rings. The van der Waals surface area contributed by atoms with Crippen molar-refractivity contribution in [3.63, 3.8) is 0 Å². The average molecular weight is 324 g/mol. The van der Waals surface area contributed by atoms with Gasteiger partial charge in [-0.15, -0.1) is 0 Å². The van der Waals surface area contributed by atoms with E-state index in [2.05, 4.69) is 22.8 Å².